The molecule has 0 fully saturated rings. The van der Waals surface area contributed by atoms with Crippen molar-refractivity contribution in [2.24, 2.45) is 0 Å². The molecule has 0 spiro atoms. The lowest BCUT2D eigenvalue weighted by Crippen LogP contribution is -2.17. The van der Waals surface area contributed by atoms with Crippen LogP contribution in [0.15, 0.2) is 24.3 Å². The second kappa shape index (κ2) is 5.69. The van der Waals surface area contributed by atoms with Gasteiger partial charge >= 0.3 is 0 Å². The molecule has 0 aromatic heterocycles. The average Bonchev–Trinajstić information content (AvgIpc) is 2.26. The van der Waals surface area contributed by atoms with E-state index in [4.69, 9.17) is 0 Å². The first-order valence-electron chi connectivity index (χ1n) is 5.58. The van der Waals surface area contributed by atoms with Crippen LogP contribution < -0.4 is 4.90 Å². The van der Waals surface area contributed by atoms with Crippen LogP contribution in [0.25, 0.3) is 0 Å². The number of aryl methyl sites for hydroxylation is 1. The van der Waals surface area contributed by atoms with Crippen LogP contribution in [0.2, 0.25) is 0 Å². The molecular formula is C13H21N. The lowest BCUT2D eigenvalue weighted by atomic mass is 10.1. The third-order valence-corrected chi connectivity index (χ3v) is 2.63. The fraction of sp³-hybridized carbons (Fsp3) is 0.538. The minimum absolute atomic E-state index is 1.12. The predicted molar refractivity (Wildman–Crippen MR) is 64.0 cm³/mol. The number of hydrogen-bond acceptors (Lipinski definition) is 1. The van der Waals surface area contributed by atoms with Crippen molar-refractivity contribution < 1.29 is 0 Å². The molecule has 1 aromatic carbocycles. The van der Waals surface area contributed by atoms with Gasteiger partial charge in [-0.1, -0.05) is 32.4 Å². The van der Waals surface area contributed by atoms with Crippen LogP contribution in [-0.2, 0) is 6.42 Å². The van der Waals surface area contributed by atoms with E-state index in [-0.39, 0.29) is 0 Å². The molecule has 0 saturated heterocycles. The zero-order valence-corrected chi connectivity index (χ0v) is 9.59. The average molecular weight is 191 g/mol. The molecule has 78 valence electrons. The molecule has 0 heterocycles. The third kappa shape index (κ3) is 3.06. The smallest absolute Gasteiger partial charge is 0.0363 e. The van der Waals surface area contributed by atoms with Gasteiger partial charge in [0.15, 0.2) is 0 Å². The summed E-state index contributed by atoms with van der Waals surface area (Å²) in [5.41, 5.74) is 2.74. The number of nitrogens with zero attached hydrogens (tertiary/aromatic N) is 1. The molecule has 0 radical (unpaired) electrons. The predicted octanol–water partition coefficient (Wildman–Crippen LogP) is 3.49. The minimum Gasteiger partial charge on any atom is -0.375 e. The van der Waals surface area contributed by atoms with Crippen LogP contribution >= 0.6 is 0 Å². The van der Waals surface area contributed by atoms with Gasteiger partial charge in [-0.2, -0.15) is 0 Å². The molecule has 0 unspecified atom stereocenters. The summed E-state index contributed by atoms with van der Waals surface area (Å²) in [6, 6.07) is 8.87. The van der Waals surface area contributed by atoms with Crippen LogP contribution in [-0.4, -0.2) is 13.6 Å². The zero-order chi connectivity index (χ0) is 10.4. The number of rotatable bonds is 5. The summed E-state index contributed by atoms with van der Waals surface area (Å²) in [5.74, 6) is 0. The first-order valence-corrected chi connectivity index (χ1v) is 5.58. The quantitative estimate of drug-likeness (QED) is 0.688. The van der Waals surface area contributed by atoms with Crippen molar-refractivity contribution in [2.75, 3.05) is 18.5 Å². The summed E-state index contributed by atoms with van der Waals surface area (Å²) < 4.78 is 0. The van der Waals surface area contributed by atoms with Gasteiger partial charge in [0.25, 0.3) is 0 Å². The summed E-state index contributed by atoms with van der Waals surface area (Å²) in [7, 11) is 2.16. The third-order valence-electron chi connectivity index (χ3n) is 2.63. The Morgan fingerprint density at radius 3 is 2.21 bits per heavy atom. The lowest BCUT2D eigenvalue weighted by Gasteiger charge is -2.19. The summed E-state index contributed by atoms with van der Waals surface area (Å²) in [4.78, 5) is 2.32. The molecule has 0 N–H and O–H groups in total. The van der Waals surface area contributed by atoms with E-state index in [1.165, 1.54) is 24.1 Å². The second-order valence-electron chi connectivity index (χ2n) is 3.80. The van der Waals surface area contributed by atoms with Gasteiger partial charge in [0.2, 0.25) is 0 Å². The number of unbranched alkanes of at least 4 members (excludes halogenated alkanes) is 1. The van der Waals surface area contributed by atoms with Crippen molar-refractivity contribution in [3.8, 4) is 0 Å². The van der Waals surface area contributed by atoms with Gasteiger partial charge in [-0.25, -0.2) is 0 Å². The van der Waals surface area contributed by atoms with Crippen LogP contribution in [0.5, 0.6) is 0 Å². The first kappa shape index (κ1) is 11.1. The van der Waals surface area contributed by atoms with Crippen molar-refractivity contribution in [2.45, 2.75) is 33.1 Å². The van der Waals surface area contributed by atoms with Crippen LogP contribution in [0.3, 0.4) is 0 Å². The summed E-state index contributed by atoms with van der Waals surface area (Å²) in [6.45, 7) is 5.58. The van der Waals surface area contributed by atoms with E-state index in [0.29, 0.717) is 0 Å². The molecule has 0 aliphatic carbocycles. The van der Waals surface area contributed by atoms with Gasteiger partial charge in [0.1, 0.15) is 0 Å². The molecule has 14 heavy (non-hydrogen) atoms. The Labute approximate surface area is 87.7 Å². The Bertz CT molecular complexity index is 250. The first-order chi connectivity index (χ1) is 6.77. The number of hydrogen-bond donors (Lipinski definition) is 0. The maximum absolute atomic E-state index is 2.32. The second-order valence-corrected chi connectivity index (χ2v) is 3.80. The van der Waals surface area contributed by atoms with E-state index in [2.05, 4.69) is 50.1 Å². The molecule has 0 amide bonds. The van der Waals surface area contributed by atoms with Gasteiger partial charge in [-0.05, 0) is 30.5 Å². The molecule has 1 aromatic rings. The standard InChI is InChI=1S/C13H21N/c1-4-6-11-14(3)13-9-7-12(5-2)8-10-13/h7-10H,4-6,11H2,1-3H3. The fourth-order valence-electron chi connectivity index (χ4n) is 1.51. The molecule has 1 nitrogen and oxygen atoms in total. The van der Waals surface area contributed by atoms with E-state index in [1.807, 2.05) is 0 Å². The van der Waals surface area contributed by atoms with Gasteiger partial charge in [0, 0.05) is 19.3 Å². The molecular weight excluding hydrogens is 170 g/mol. The molecule has 0 atom stereocenters. The van der Waals surface area contributed by atoms with E-state index in [9.17, 15) is 0 Å². The van der Waals surface area contributed by atoms with Crippen molar-refractivity contribution in [3.63, 3.8) is 0 Å². The van der Waals surface area contributed by atoms with E-state index >= 15 is 0 Å². The lowest BCUT2D eigenvalue weighted by molar-refractivity contribution is 0.766. The Kier molecular flexibility index (Phi) is 4.51. The molecule has 0 aliphatic rings. The fourth-order valence-corrected chi connectivity index (χ4v) is 1.51. The maximum Gasteiger partial charge on any atom is 0.0363 e. The highest BCUT2D eigenvalue weighted by Gasteiger charge is 1.98. The van der Waals surface area contributed by atoms with Crippen molar-refractivity contribution in [3.05, 3.63) is 29.8 Å². The molecule has 1 rings (SSSR count). The Morgan fingerprint density at radius 2 is 1.71 bits per heavy atom. The highest BCUT2D eigenvalue weighted by atomic mass is 15.1. The van der Waals surface area contributed by atoms with Gasteiger partial charge < -0.3 is 4.90 Å². The Balaban J connectivity index is 2.57. The SMILES string of the molecule is CCCCN(C)c1ccc(CC)cc1. The van der Waals surface area contributed by atoms with E-state index < -0.39 is 0 Å². The number of anilines is 1. The molecule has 0 bridgehead atoms. The Morgan fingerprint density at radius 1 is 1.07 bits per heavy atom. The normalized spacial score (nSPS) is 10.2. The number of benzene rings is 1. The zero-order valence-electron chi connectivity index (χ0n) is 9.59. The summed E-state index contributed by atoms with van der Waals surface area (Å²) >= 11 is 0. The van der Waals surface area contributed by atoms with Crippen molar-refractivity contribution in [1.29, 1.82) is 0 Å². The van der Waals surface area contributed by atoms with Gasteiger partial charge in [0.05, 0.1) is 0 Å². The highest BCUT2D eigenvalue weighted by Crippen LogP contribution is 2.14. The van der Waals surface area contributed by atoms with Crippen molar-refractivity contribution >= 4 is 5.69 Å². The Hall–Kier alpha value is -0.980. The minimum atomic E-state index is 1.12. The summed E-state index contributed by atoms with van der Waals surface area (Å²) in [5, 5.41) is 0. The molecule has 1 heteroatoms. The molecule has 0 aliphatic heterocycles. The van der Waals surface area contributed by atoms with Gasteiger partial charge in [-0.15, -0.1) is 0 Å². The van der Waals surface area contributed by atoms with E-state index in [0.717, 1.165) is 13.0 Å². The van der Waals surface area contributed by atoms with Crippen LogP contribution in [0.4, 0.5) is 5.69 Å². The largest absolute Gasteiger partial charge is 0.375 e. The van der Waals surface area contributed by atoms with Crippen LogP contribution in [0.1, 0.15) is 32.3 Å². The van der Waals surface area contributed by atoms with E-state index in [1.54, 1.807) is 0 Å². The molecule has 0 saturated carbocycles. The van der Waals surface area contributed by atoms with Crippen molar-refractivity contribution in [1.82, 2.24) is 0 Å². The van der Waals surface area contributed by atoms with Gasteiger partial charge in [-0.3, -0.25) is 0 Å². The maximum atomic E-state index is 2.32. The highest BCUT2D eigenvalue weighted by molar-refractivity contribution is 5.46. The van der Waals surface area contributed by atoms with Crippen LogP contribution in [0, 0.1) is 0 Å². The topological polar surface area (TPSA) is 3.24 Å². The monoisotopic (exact) mass is 191 g/mol. The summed E-state index contributed by atoms with van der Waals surface area (Å²) in [6.07, 6.45) is 3.66.